The van der Waals surface area contributed by atoms with Gasteiger partial charge in [0.05, 0.1) is 12.9 Å². The third-order valence-corrected chi connectivity index (χ3v) is 3.75. The van der Waals surface area contributed by atoms with Gasteiger partial charge in [0, 0.05) is 5.75 Å². The number of thioether (sulfide) groups is 1. The Morgan fingerprint density at radius 1 is 1.50 bits per heavy atom. The molecule has 2 rings (SSSR count). The molecule has 2 heterocycles. The lowest BCUT2D eigenvalue weighted by Gasteiger charge is -2.06. The highest BCUT2D eigenvalue weighted by atomic mass is 79.9. The standard InChI is InChI=1S/C11H12BrN3O4S/c1-17-11(16)6(13)4-20-5-9-14-15-10(19-9)7-2-3-8(12)18-7/h2-3,6H,4-5,13H2,1H3. The van der Waals surface area contributed by atoms with Gasteiger partial charge in [0.15, 0.2) is 10.4 Å². The van der Waals surface area contributed by atoms with E-state index in [-0.39, 0.29) is 0 Å². The fraction of sp³-hybridized carbons (Fsp3) is 0.364. The predicted octanol–water partition coefficient (Wildman–Crippen LogP) is 1.83. The second kappa shape index (κ2) is 6.91. The zero-order valence-electron chi connectivity index (χ0n) is 10.5. The first-order valence-electron chi connectivity index (χ1n) is 5.59. The molecule has 0 radical (unpaired) electrons. The van der Waals surface area contributed by atoms with E-state index in [2.05, 4.69) is 30.9 Å². The normalized spacial score (nSPS) is 12.3. The van der Waals surface area contributed by atoms with Gasteiger partial charge in [-0.1, -0.05) is 0 Å². The summed E-state index contributed by atoms with van der Waals surface area (Å²) in [6.07, 6.45) is 0. The van der Waals surface area contributed by atoms with E-state index in [1.807, 2.05) is 0 Å². The smallest absolute Gasteiger partial charge is 0.323 e. The summed E-state index contributed by atoms with van der Waals surface area (Å²) in [4.78, 5) is 11.1. The van der Waals surface area contributed by atoms with Gasteiger partial charge in [-0.2, -0.15) is 0 Å². The fourth-order valence-corrected chi connectivity index (χ4v) is 2.44. The number of ether oxygens (including phenoxy) is 1. The molecule has 2 N–H and O–H groups in total. The second-order valence-electron chi connectivity index (χ2n) is 3.75. The van der Waals surface area contributed by atoms with Crippen LogP contribution in [0.5, 0.6) is 0 Å². The van der Waals surface area contributed by atoms with Gasteiger partial charge >= 0.3 is 5.97 Å². The van der Waals surface area contributed by atoms with Crippen LogP contribution in [-0.2, 0) is 15.3 Å². The van der Waals surface area contributed by atoms with Crippen molar-refractivity contribution in [2.45, 2.75) is 11.8 Å². The minimum absolute atomic E-state index is 0.309. The topological polar surface area (TPSA) is 104 Å². The van der Waals surface area contributed by atoms with Gasteiger partial charge in [-0.25, -0.2) is 0 Å². The average molecular weight is 362 g/mol. The molecule has 0 saturated heterocycles. The number of methoxy groups -OCH3 is 1. The van der Waals surface area contributed by atoms with Crippen LogP contribution in [0, 0.1) is 0 Å². The fourth-order valence-electron chi connectivity index (χ4n) is 1.33. The molecule has 0 aliphatic heterocycles. The summed E-state index contributed by atoms with van der Waals surface area (Å²) in [7, 11) is 1.30. The van der Waals surface area contributed by atoms with E-state index in [0.29, 0.717) is 33.7 Å². The summed E-state index contributed by atoms with van der Waals surface area (Å²) in [5.41, 5.74) is 5.61. The molecule has 0 saturated carbocycles. The van der Waals surface area contributed by atoms with Crippen molar-refractivity contribution in [1.82, 2.24) is 10.2 Å². The number of hydrogen-bond donors (Lipinski definition) is 1. The second-order valence-corrected chi connectivity index (χ2v) is 5.56. The van der Waals surface area contributed by atoms with Gasteiger partial charge in [0.25, 0.3) is 5.89 Å². The van der Waals surface area contributed by atoms with Crippen molar-refractivity contribution in [3.05, 3.63) is 22.7 Å². The van der Waals surface area contributed by atoms with E-state index in [1.165, 1.54) is 18.9 Å². The van der Waals surface area contributed by atoms with Crippen molar-refractivity contribution in [3.63, 3.8) is 0 Å². The van der Waals surface area contributed by atoms with E-state index in [1.54, 1.807) is 12.1 Å². The number of carbonyl (C=O) groups excluding carboxylic acids is 1. The number of nitrogens with zero attached hydrogens (tertiary/aromatic N) is 2. The van der Waals surface area contributed by atoms with Crippen molar-refractivity contribution < 1.29 is 18.4 Å². The van der Waals surface area contributed by atoms with Gasteiger partial charge in [0.1, 0.15) is 6.04 Å². The Balaban J connectivity index is 1.86. The average Bonchev–Trinajstić information content (AvgIpc) is 3.06. The van der Waals surface area contributed by atoms with Gasteiger partial charge < -0.3 is 19.3 Å². The Bertz CT molecular complexity index is 586. The lowest BCUT2D eigenvalue weighted by molar-refractivity contribution is -0.141. The van der Waals surface area contributed by atoms with E-state index in [4.69, 9.17) is 14.6 Å². The number of carbonyl (C=O) groups is 1. The van der Waals surface area contributed by atoms with E-state index in [0.717, 1.165) is 0 Å². The molecule has 0 fully saturated rings. The molecule has 20 heavy (non-hydrogen) atoms. The van der Waals surface area contributed by atoms with Crippen LogP contribution in [0.2, 0.25) is 0 Å². The molecule has 1 unspecified atom stereocenters. The monoisotopic (exact) mass is 361 g/mol. The van der Waals surface area contributed by atoms with Gasteiger partial charge in [-0.3, -0.25) is 4.79 Å². The van der Waals surface area contributed by atoms with E-state index >= 15 is 0 Å². The Morgan fingerprint density at radius 3 is 2.95 bits per heavy atom. The molecule has 0 bridgehead atoms. The third kappa shape index (κ3) is 3.84. The Morgan fingerprint density at radius 2 is 2.30 bits per heavy atom. The minimum Gasteiger partial charge on any atom is -0.468 e. The summed E-state index contributed by atoms with van der Waals surface area (Å²) in [6, 6.07) is 2.80. The SMILES string of the molecule is COC(=O)C(N)CSCc1nnc(-c2ccc(Br)o2)o1. The molecule has 2 aromatic heterocycles. The highest BCUT2D eigenvalue weighted by molar-refractivity contribution is 9.10. The first-order valence-corrected chi connectivity index (χ1v) is 7.54. The molecule has 0 amide bonds. The molecule has 0 aliphatic carbocycles. The van der Waals surface area contributed by atoms with E-state index < -0.39 is 12.0 Å². The highest BCUT2D eigenvalue weighted by Crippen LogP contribution is 2.24. The largest absolute Gasteiger partial charge is 0.468 e. The number of rotatable bonds is 6. The van der Waals surface area contributed by atoms with Crippen LogP contribution in [0.1, 0.15) is 5.89 Å². The Hall–Kier alpha value is -1.32. The van der Waals surface area contributed by atoms with Crippen molar-refractivity contribution in [2.75, 3.05) is 12.9 Å². The maximum absolute atomic E-state index is 11.1. The van der Waals surface area contributed by atoms with Crippen LogP contribution in [0.25, 0.3) is 11.7 Å². The summed E-state index contributed by atoms with van der Waals surface area (Å²) < 4.78 is 15.9. The number of halogens is 1. The quantitative estimate of drug-likeness (QED) is 0.776. The van der Waals surface area contributed by atoms with Crippen LogP contribution < -0.4 is 5.73 Å². The summed E-state index contributed by atoms with van der Waals surface area (Å²) >= 11 is 4.61. The summed E-state index contributed by atoms with van der Waals surface area (Å²) in [5, 5.41) is 7.78. The van der Waals surface area contributed by atoms with Crippen molar-refractivity contribution in [2.24, 2.45) is 5.73 Å². The maximum atomic E-state index is 11.1. The van der Waals surface area contributed by atoms with Crippen LogP contribution in [-0.4, -0.2) is 35.1 Å². The molecule has 9 heteroatoms. The van der Waals surface area contributed by atoms with Crippen LogP contribution >= 0.6 is 27.7 Å². The Labute approximate surface area is 127 Å². The molecule has 7 nitrogen and oxygen atoms in total. The molecule has 0 aliphatic rings. The van der Waals surface area contributed by atoms with Crippen LogP contribution in [0.4, 0.5) is 0 Å². The number of nitrogens with two attached hydrogens (primary N) is 1. The van der Waals surface area contributed by atoms with Crippen molar-refractivity contribution in [3.8, 4) is 11.7 Å². The zero-order chi connectivity index (χ0) is 14.5. The number of esters is 1. The highest BCUT2D eigenvalue weighted by Gasteiger charge is 2.15. The summed E-state index contributed by atoms with van der Waals surface area (Å²) in [5.74, 6) is 1.67. The predicted molar refractivity (Wildman–Crippen MR) is 75.9 cm³/mol. The van der Waals surface area contributed by atoms with Crippen LogP contribution in [0.15, 0.2) is 25.6 Å². The first-order chi connectivity index (χ1) is 9.60. The third-order valence-electron chi connectivity index (χ3n) is 2.28. The zero-order valence-corrected chi connectivity index (χ0v) is 12.9. The minimum atomic E-state index is -0.659. The lowest BCUT2D eigenvalue weighted by Crippen LogP contribution is -2.33. The van der Waals surface area contributed by atoms with Crippen molar-refractivity contribution >= 4 is 33.7 Å². The van der Waals surface area contributed by atoms with Gasteiger partial charge in [-0.05, 0) is 28.1 Å². The van der Waals surface area contributed by atoms with Crippen molar-refractivity contribution in [1.29, 1.82) is 0 Å². The molecule has 1 atom stereocenters. The molecule has 108 valence electrons. The molecule has 0 spiro atoms. The van der Waals surface area contributed by atoms with Gasteiger partial charge in [0.2, 0.25) is 5.89 Å². The summed E-state index contributed by atoms with van der Waals surface area (Å²) in [6.45, 7) is 0. The van der Waals surface area contributed by atoms with Crippen LogP contribution in [0.3, 0.4) is 0 Å². The van der Waals surface area contributed by atoms with E-state index in [9.17, 15) is 4.79 Å². The molecular formula is C11H12BrN3O4S. The number of aromatic nitrogens is 2. The maximum Gasteiger partial charge on any atom is 0.323 e. The Kier molecular flexibility index (Phi) is 5.21. The lowest BCUT2D eigenvalue weighted by atomic mass is 10.4. The number of furan rings is 1. The molecule has 0 aromatic carbocycles. The van der Waals surface area contributed by atoms with Gasteiger partial charge in [-0.15, -0.1) is 22.0 Å². The first kappa shape index (κ1) is 15.1. The molecule has 2 aromatic rings. The number of hydrogen-bond acceptors (Lipinski definition) is 8. The molecular weight excluding hydrogens is 350 g/mol.